The lowest BCUT2D eigenvalue weighted by molar-refractivity contribution is -0.147. The highest BCUT2D eigenvalue weighted by Crippen LogP contribution is 2.37. The minimum atomic E-state index is -0.0687. The van der Waals surface area contributed by atoms with Crippen molar-refractivity contribution in [1.29, 1.82) is 0 Å². The highest BCUT2D eigenvalue weighted by Gasteiger charge is 2.42. The van der Waals surface area contributed by atoms with E-state index in [1.54, 1.807) is 0 Å². The first-order chi connectivity index (χ1) is 7.27. The smallest absolute Gasteiger partial charge is 0.138 e. The Labute approximate surface area is 90.8 Å². The molecule has 1 spiro atoms. The highest BCUT2D eigenvalue weighted by molar-refractivity contribution is 5.80. The number of hydrogen-bond acceptors (Lipinski definition) is 3. The Morgan fingerprint density at radius 2 is 2.00 bits per heavy atom. The van der Waals surface area contributed by atoms with Gasteiger partial charge in [0.2, 0.25) is 0 Å². The topological polar surface area (TPSA) is 29.5 Å². The molecule has 0 aromatic rings. The Bertz CT molecular complexity index is 265. The SMILES string of the molecule is O=C1CCOC2(CCN(C3CC3)CC2)C1. The van der Waals surface area contributed by atoms with Crippen molar-refractivity contribution in [2.45, 2.75) is 50.2 Å². The van der Waals surface area contributed by atoms with Gasteiger partial charge in [-0.1, -0.05) is 0 Å². The van der Waals surface area contributed by atoms with E-state index in [4.69, 9.17) is 4.74 Å². The molecule has 1 aliphatic carbocycles. The Morgan fingerprint density at radius 3 is 2.60 bits per heavy atom. The van der Waals surface area contributed by atoms with Crippen molar-refractivity contribution in [2.24, 2.45) is 0 Å². The van der Waals surface area contributed by atoms with Crippen LogP contribution in [0.5, 0.6) is 0 Å². The first kappa shape index (κ1) is 9.79. The molecule has 15 heavy (non-hydrogen) atoms. The second-order valence-corrected chi connectivity index (χ2v) is 5.26. The van der Waals surface area contributed by atoms with Gasteiger partial charge in [0.1, 0.15) is 5.78 Å². The van der Waals surface area contributed by atoms with E-state index in [0.29, 0.717) is 25.2 Å². The van der Waals surface area contributed by atoms with E-state index in [1.807, 2.05) is 0 Å². The Balaban J connectivity index is 1.61. The van der Waals surface area contributed by atoms with Gasteiger partial charge in [0.15, 0.2) is 0 Å². The number of Topliss-reactive ketones (excluding diaryl/α,β-unsaturated/α-hetero) is 1. The fourth-order valence-corrected chi connectivity index (χ4v) is 2.94. The maximum atomic E-state index is 11.5. The third-order valence-corrected chi connectivity index (χ3v) is 4.08. The predicted octanol–water partition coefficient (Wildman–Crippen LogP) is 1.36. The molecular formula is C12H19NO2. The van der Waals surface area contributed by atoms with Gasteiger partial charge >= 0.3 is 0 Å². The average molecular weight is 209 g/mol. The van der Waals surface area contributed by atoms with Gasteiger partial charge < -0.3 is 9.64 Å². The Morgan fingerprint density at radius 1 is 1.27 bits per heavy atom. The molecule has 0 atom stereocenters. The zero-order chi connectivity index (χ0) is 10.3. The van der Waals surface area contributed by atoms with E-state index >= 15 is 0 Å². The maximum Gasteiger partial charge on any atom is 0.138 e. The molecule has 2 heterocycles. The summed E-state index contributed by atoms with van der Waals surface area (Å²) in [5.74, 6) is 0.404. The monoisotopic (exact) mass is 209 g/mol. The summed E-state index contributed by atoms with van der Waals surface area (Å²) in [5.41, 5.74) is -0.0687. The number of carbonyl (C=O) groups excluding carboxylic acids is 1. The molecule has 0 aromatic carbocycles. The van der Waals surface area contributed by atoms with E-state index in [1.165, 1.54) is 12.8 Å². The second kappa shape index (κ2) is 3.56. The van der Waals surface area contributed by atoms with E-state index < -0.39 is 0 Å². The van der Waals surface area contributed by atoms with Gasteiger partial charge in [-0.2, -0.15) is 0 Å². The molecule has 0 bridgehead atoms. The minimum absolute atomic E-state index is 0.0687. The molecular weight excluding hydrogens is 190 g/mol. The second-order valence-electron chi connectivity index (χ2n) is 5.26. The highest BCUT2D eigenvalue weighted by atomic mass is 16.5. The number of ether oxygens (including phenoxy) is 1. The van der Waals surface area contributed by atoms with Gasteiger partial charge in [-0.3, -0.25) is 4.79 Å². The number of piperidine rings is 1. The molecule has 2 aliphatic heterocycles. The summed E-state index contributed by atoms with van der Waals surface area (Å²) in [6, 6.07) is 0.863. The van der Waals surface area contributed by atoms with Crippen LogP contribution in [0.3, 0.4) is 0 Å². The standard InChI is InChI=1S/C12H19NO2/c14-11-3-8-15-12(9-11)4-6-13(7-5-12)10-1-2-10/h10H,1-9H2. The zero-order valence-electron chi connectivity index (χ0n) is 9.21. The molecule has 0 amide bonds. The van der Waals surface area contributed by atoms with E-state index in [0.717, 1.165) is 32.0 Å². The fraction of sp³-hybridized carbons (Fsp3) is 0.917. The summed E-state index contributed by atoms with van der Waals surface area (Å²) in [5, 5.41) is 0. The molecule has 0 N–H and O–H groups in total. The Kier molecular flexibility index (Phi) is 2.33. The van der Waals surface area contributed by atoms with Crippen LogP contribution in [0, 0.1) is 0 Å². The summed E-state index contributed by atoms with van der Waals surface area (Å²) >= 11 is 0. The summed E-state index contributed by atoms with van der Waals surface area (Å²) < 4.78 is 5.88. The van der Waals surface area contributed by atoms with Crippen molar-refractivity contribution in [2.75, 3.05) is 19.7 Å². The largest absolute Gasteiger partial charge is 0.374 e. The number of carbonyl (C=O) groups is 1. The fourth-order valence-electron chi connectivity index (χ4n) is 2.94. The van der Waals surface area contributed by atoms with Crippen molar-refractivity contribution in [1.82, 2.24) is 4.90 Å². The molecule has 3 nitrogen and oxygen atoms in total. The van der Waals surface area contributed by atoms with Gasteiger partial charge in [0.25, 0.3) is 0 Å². The third-order valence-electron chi connectivity index (χ3n) is 4.08. The summed E-state index contributed by atoms with van der Waals surface area (Å²) in [6.45, 7) is 2.93. The van der Waals surface area contributed by atoms with Crippen LogP contribution < -0.4 is 0 Å². The normalized spacial score (nSPS) is 32.1. The van der Waals surface area contributed by atoms with Crippen LogP contribution in [0.4, 0.5) is 0 Å². The number of likely N-dealkylation sites (tertiary alicyclic amines) is 1. The lowest BCUT2D eigenvalue weighted by Crippen LogP contribution is -2.50. The summed E-state index contributed by atoms with van der Waals surface area (Å²) in [6.07, 6.45) is 6.20. The van der Waals surface area contributed by atoms with Gasteiger partial charge in [0, 0.05) is 32.0 Å². The van der Waals surface area contributed by atoms with Crippen LogP contribution in [-0.2, 0) is 9.53 Å². The number of hydrogen-bond donors (Lipinski definition) is 0. The number of ketones is 1. The number of rotatable bonds is 1. The van der Waals surface area contributed by atoms with Crippen LogP contribution in [0.25, 0.3) is 0 Å². The molecule has 2 saturated heterocycles. The molecule has 3 rings (SSSR count). The Hall–Kier alpha value is -0.410. The molecule has 3 aliphatic rings. The first-order valence-corrected chi connectivity index (χ1v) is 6.17. The van der Waals surface area contributed by atoms with E-state index in [9.17, 15) is 4.79 Å². The van der Waals surface area contributed by atoms with E-state index in [-0.39, 0.29) is 5.60 Å². The predicted molar refractivity (Wildman–Crippen MR) is 56.8 cm³/mol. The van der Waals surface area contributed by atoms with Gasteiger partial charge in [-0.05, 0) is 25.7 Å². The molecule has 0 radical (unpaired) electrons. The lowest BCUT2D eigenvalue weighted by Gasteiger charge is -2.43. The lowest BCUT2D eigenvalue weighted by atomic mass is 9.84. The van der Waals surface area contributed by atoms with Crippen molar-refractivity contribution in [3.63, 3.8) is 0 Å². The summed E-state index contributed by atoms with van der Waals surface area (Å²) in [4.78, 5) is 14.0. The maximum absolute atomic E-state index is 11.5. The zero-order valence-corrected chi connectivity index (χ0v) is 9.21. The average Bonchev–Trinajstić information content (AvgIpc) is 3.02. The van der Waals surface area contributed by atoms with Crippen LogP contribution in [-0.4, -0.2) is 42.0 Å². The summed E-state index contributed by atoms with van der Waals surface area (Å²) in [7, 11) is 0. The van der Waals surface area contributed by atoms with Crippen molar-refractivity contribution in [3.8, 4) is 0 Å². The molecule has 1 saturated carbocycles. The van der Waals surface area contributed by atoms with Crippen molar-refractivity contribution >= 4 is 5.78 Å². The van der Waals surface area contributed by atoms with Crippen molar-refractivity contribution < 1.29 is 9.53 Å². The molecule has 3 heteroatoms. The number of nitrogens with zero attached hydrogens (tertiary/aromatic N) is 1. The quantitative estimate of drug-likeness (QED) is 0.653. The molecule has 0 aromatic heterocycles. The minimum Gasteiger partial charge on any atom is -0.374 e. The van der Waals surface area contributed by atoms with Gasteiger partial charge in [-0.25, -0.2) is 0 Å². The van der Waals surface area contributed by atoms with Crippen LogP contribution in [0.2, 0.25) is 0 Å². The van der Waals surface area contributed by atoms with Crippen molar-refractivity contribution in [3.05, 3.63) is 0 Å². The molecule has 0 unspecified atom stereocenters. The van der Waals surface area contributed by atoms with Gasteiger partial charge in [-0.15, -0.1) is 0 Å². The van der Waals surface area contributed by atoms with Crippen LogP contribution in [0.1, 0.15) is 38.5 Å². The van der Waals surface area contributed by atoms with E-state index in [2.05, 4.69) is 4.90 Å². The molecule has 3 fully saturated rings. The van der Waals surface area contributed by atoms with Gasteiger partial charge in [0.05, 0.1) is 12.2 Å². The molecule has 84 valence electrons. The van der Waals surface area contributed by atoms with Crippen LogP contribution >= 0.6 is 0 Å². The first-order valence-electron chi connectivity index (χ1n) is 6.17. The third kappa shape index (κ3) is 1.95. The van der Waals surface area contributed by atoms with Crippen LogP contribution in [0.15, 0.2) is 0 Å².